The number of carbonyl (C=O) groups is 1. The van der Waals surface area contributed by atoms with Crippen LogP contribution in [0, 0.1) is 0 Å². The van der Waals surface area contributed by atoms with E-state index in [1.54, 1.807) is 11.1 Å². The number of pyridine rings is 1. The van der Waals surface area contributed by atoms with Crippen LogP contribution in [0.5, 0.6) is 0 Å². The third kappa shape index (κ3) is 4.21. The molecule has 9 heteroatoms. The molecule has 6 rings (SSSR count). The molecule has 3 aliphatic rings. The third-order valence-corrected chi connectivity index (χ3v) is 6.90. The number of morpholine rings is 1. The molecule has 1 unspecified atom stereocenters. The quantitative estimate of drug-likeness (QED) is 0.618. The van der Waals surface area contributed by atoms with Gasteiger partial charge < -0.3 is 24.5 Å². The Hall–Kier alpha value is -3.56. The predicted molar refractivity (Wildman–Crippen MR) is 132 cm³/mol. The van der Waals surface area contributed by atoms with Crippen molar-refractivity contribution >= 4 is 23.4 Å². The van der Waals surface area contributed by atoms with Crippen molar-refractivity contribution in [2.75, 3.05) is 55.7 Å². The molecule has 0 bridgehead atoms. The Morgan fingerprint density at radius 3 is 2.71 bits per heavy atom. The first-order valence-electron chi connectivity index (χ1n) is 12.2. The zero-order valence-electron chi connectivity index (χ0n) is 19.5. The van der Waals surface area contributed by atoms with Crippen LogP contribution in [-0.4, -0.2) is 82.9 Å². The van der Waals surface area contributed by atoms with Crippen LogP contribution in [-0.2, 0) is 11.2 Å². The zero-order valence-corrected chi connectivity index (χ0v) is 19.5. The number of aromatic nitrogens is 3. The summed E-state index contributed by atoms with van der Waals surface area (Å²) in [4.78, 5) is 33.5. The molecule has 1 amide bonds. The number of ether oxygens (including phenoxy) is 1. The molecule has 0 spiro atoms. The van der Waals surface area contributed by atoms with Gasteiger partial charge in [-0.05, 0) is 37.1 Å². The Morgan fingerprint density at radius 2 is 1.94 bits per heavy atom. The van der Waals surface area contributed by atoms with E-state index in [9.17, 15) is 9.90 Å². The number of hydrogen-bond acceptors (Lipinski definition) is 8. The Balaban J connectivity index is 1.42. The molecule has 1 N–H and O–H groups in total. The number of likely N-dealkylation sites (tertiary alicyclic amines) is 1. The summed E-state index contributed by atoms with van der Waals surface area (Å²) in [5.41, 5.74) is 4.45. The van der Waals surface area contributed by atoms with Gasteiger partial charge in [0.05, 0.1) is 36.9 Å². The van der Waals surface area contributed by atoms with Crippen molar-refractivity contribution in [1.29, 1.82) is 0 Å². The minimum Gasteiger partial charge on any atom is -0.391 e. The van der Waals surface area contributed by atoms with Gasteiger partial charge >= 0.3 is 0 Å². The molecule has 2 fully saturated rings. The lowest BCUT2D eigenvalue weighted by Crippen LogP contribution is -2.37. The molecule has 5 heterocycles. The van der Waals surface area contributed by atoms with Crippen molar-refractivity contribution in [3.8, 4) is 11.3 Å². The third-order valence-electron chi connectivity index (χ3n) is 6.90. The second-order valence-electron chi connectivity index (χ2n) is 9.16. The molecule has 3 aliphatic heterocycles. The largest absolute Gasteiger partial charge is 0.391 e. The molecular weight excluding hydrogens is 444 g/mol. The fourth-order valence-electron chi connectivity index (χ4n) is 5.06. The minimum absolute atomic E-state index is 0.0560. The summed E-state index contributed by atoms with van der Waals surface area (Å²) in [7, 11) is 0. The first kappa shape index (κ1) is 21.9. The fraction of sp³-hybridized carbons (Fsp3) is 0.385. The fourth-order valence-corrected chi connectivity index (χ4v) is 5.06. The molecule has 9 nitrogen and oxygen atoms in total. The number of anilines is 3. The lowest BCUT2D eigenvalue weighted by Gasteiger charge is -2.28. The molecule has 180 valence electrons. The minimum atomic E-state index is -0.443. The second kappa shape index (κ2) is 9.24. The SMILES string of the molecule is O=C(c1cccc(-c2nc(N3CCOCC3)nc3c2CCN3c2cccnc2)c1)N1CCC(O)C1. The highest BCUT2D eigenvalue weighted by Gasteiger charge is 2.30. The number of aliphatic hydroxyl groups is 1. The van der Waals surface area contributed by atoms with Crippen LogP contribution in [0.3, 0.4) is 0 Å². The highest BCUT2D eigenvalue weighted by molar-refractivity contribution is 5.96. The van der Waals surface area contributed by atoms with Gasteiger partial charge in [-0.3, -0.25) is 9.78 Å². The Morgan fingerprint density at radius 1 is 1.06 bits per heavy atom. The number of fused-ring (bicyclic) bond motifs is 1. The van der Waals surface area contributed by atoms with Crippen molar-refractivity contribution in [3.63, 3.8) is 0 Å². The topological polar surface area (TPSA) is 94.9 Å². The molecule has 1 atom stereocenters. The summed E-state index contributed by atoms with van der Waals surface area (Å²) < 4.78 is 5.54. The first-order valence-corrected chi connectivity index (χ1v) is 12.2. The second-order valence-corrected chi connectivity index (χ2v) is 9.16. The molecule has 1 aromatic carbocycles. The predicted octanol–water partition coefficient (Wildman–Crippen LogP) is 2.28. The molecule has 0 aliphatic carbocycles. The van der Waals surface area contributed by atoms with Gasteiger partial charge in [0.15, 0.2) is 0 Å². The number of nitrogens with zero attached hydrogens (tertiary/aromatic N) is 6. The van der Waals surface area contributed by atoms with E-state index in [1.165, 1.54) is 0 Å². The average molecular weight is 473 g/mol. The van der Waals surface area contributed by atoms with Crippen molar-refractivity contribution < 1.29 is 14.6 Å². The van der Waals surface area contributed by atoms with Gasteiger partial charge in [0.1, 0.15) is 5.82 Å². The highest BCUT2D eigenvalue weighted by atomic mass is 16.5. The van der Waals surface area contributed by atoms with Crippen molar-refractivity contribution in [2.24, 2.45) is 0 Å². The van der Waals surface area contributed by atoms with E-state index in [4.69, 9.17) is 14.7 Å². The Labute approximate surface area is 204 Å². The number of rotatable bonds is 4. The standard InChI is InChI=1S/C26H28N6O3/c33-21-6-9-31(17-21)25(34)19-4-1-3-18(15-19)23-22-7-10-32(20-5-2-8-27-16-20)24(22)29-26(28-23)30-11-13-35-14-12-30/h1-5,8,15-16,21,33H,6-7,9-14,17H2. The lowest BCUT2D eigenvalue weighted by molar-refractivity contribution is 0.0765. The molecule has 35 heavy (non-hydrogen) atoms. The number of aliphatic hydroxyl groups excluding tert-OH is 1. The Kier molecular flexibility index (Phi) is 5.79. The summed E-state index contributed by atoms with van der Waals surface area (Å²) in [6.07, 6.45) is 4.61. The van der Waals surface area contributed by atoms with Gasteiger partial charge in [-0.1, -0.05) is 12.1 Å². The van der Waals surface area contributed by atoms with E-state index < -0.39 is 6.10 Å². The van der Waals surface area contributed by atoms with Crippen molar-refractivity contribution in [2.45, 2.75) is 18.9 Å². The number of hydrogen-bond donors (Lipinski definition) is 1. The lowest BCUT2D eigenvalue weighted by atomic mass is 10.0. The zero-order chi connectivity index (χ0) is 23.8. The van der Waals surface area contributed by atoms with Gasteiger partial charge in [-0.15, -0.1) is 0 Å². The van der Waals surface area contributed by atoms with Crippen LogP contribution < -0.4 is 9.80 Å². The number of β-amino-alcohol motifs (C(OH)–C–C–N with tert-alkyl or cyclic N) is 1. The van der Waals surface area contributed by atoms with Crippen LogP contribution in [0.25, 0.3) is 11.3 Å². The van der Waals surface area contributed by atoms with Crippen LogP contribution in [0.1, 0.15) is 22.3 Å². The molecule has 2 saturated heterocycles. The first-order chi connectivity index (χ1) is 17.2. The summed E-state index contributed by atoms with van der Waals surface area (Å²) in [6, 6.07) is 11.7. The summed E-state index contributed by atoms with van der Waals surface area (Å²) in [5.74, 6) is 1.51. The highest BCUT2D eigenvalue weighted by Crippen LogP contribution is 2.39. The molecule has 0 saturated carbocycles. The number of carbonyl (C=O) groups excluding carboxylic acids is 1. The van der Waals surface area contributed by atoms with Crippen LogP contribution in [0.15, 0.2) is 48.8 Å². The van der Waals surface area contributed by atoms with E-state index in [0.717, 1.165) is 54.4 Å². The summed E-state index contributed by atoms with van der Waals surface area (Å²) >= 11 is 0. The maximum Gasteiger partial charge on any atom is 0.253 e. The summed E-state index contributed by atoms with van der Waals surface area (Å²) in [6.45, 7) is 4.52. The van der Waals surface area contributed by atoms with Crippen LogP contribution in [0.2, 0.25) is 0 Å². The van der Waals surface area contributed by atoms with E-state index in [-0.39, 0.29) is 5.91 Å². The maximum absolute atomic E-state index is 13.1. The van der Waals surface area contributed by atoms with Gasteiger partial charge in [0, 0.05) is 55.6 Å². The Bertz CT molecular complexity index is 1230. The van der Waals surface area contributed by atoms with Crippen molar-refractivity contribution in [3.05, 3.63) is 59.9 Å². The number of benzene rings is 1. The maximum atomic E-state index is 13.1. The van der Waals surface area contributed by atoms with E-state index in [1.807, 2.05) is 42.6 Å². The van der Waals surface area contributed by atoms with Gasteiger partial charge in [-0.2, -0.15) is 4.98 Å². The average Bonchev–Trinajstić information content (AvgIpc) is 3.55. The van der Waals surface area contributed by atoms with E-state index in [0.29, 0.717) is 44.2 Å². The van der Waals surface area contributed by atoms with E-state index in [2.05, 4.69) is 14.8 Å². The normalized spacial score (nSPS) is 19.8. The summed E-state index contributed by atoms with van der Waals surface area (Å²) in [5, 5.41) is 9.87. The smallest absolute Gasteiger partial charge is 0.253 e. The molecule has 0 radical (unpaired) electrons. The molecule has 2 aromatic heterocycles. The van der Waals surface area contributed by atoms with Gasteiger partial charge in [-0.25, -0.2) is 4.98 Å². The monoisotopic (exact) mass is 472 g/mol. The number of amides is 1. The molecule has 3 aromatic rings. The van der Waals surface area contributed by atoms with Crippen LogP contribution in [0.4, 0.5) is 17.5 Å². The molecular formula is C26H28N6O3. The van der Waals surface area contributed by atoms with Crippen molar-refractivity contribution in [1.82, 2.24) is 19.9 Å². The van der Waals surface area contributed by atoms with Gasteiger partial charge in [0.25, 0.3) is 5.91 Å². The van der Waals surface area contributed by atoms with Gasteiger partial charge in [0.2, 0.25) is 5.95 Å². The van der Waals surface area contributed by atoms with Crippen LogP contribution >= 0.6 is 0 Å². The van der Waals surface area contributed by atoms with E-state index >= 15 is 0 Å².